The highest BCUT2D eigenvalue weighted by Gasteiger charge is 2.13. The van der Waals surface area contributed by atoms with Crippen LogP contribution >= 0.6 is 0 Å². The zero-order chi connectivity index (χ0) is 8.74. The summed E-state index contributed by atoms with van der Waals surface area (Å²) in [6.07, 6.45) is 2.35. The molecule has 0 aliphatic rings. The van der Waals surface area contributed by atoms with E-state index in [9.17, 15) is 0 Å². The molecule has 4 heteroatoms. The average molecular weight is 174 g/mol. The summed E-state index contributed by atoms with van der Waals surface area (Å²) in [6.45, 7) is 5.54. The first-order valence-electron chi connectivity index (χ1n) is 3.82. The van der Waals surface area contributed by atoms with Crippen molar-refractivity contribution in [3.05, 3.63) is 11.8 Å². The molecule has 0 spiro atoms. The summed E-state index contributed by atoms with van der Waals surface area (Å²) >= 11 is 0. The molecule has 0 atom stereocenters. The number of aliphatic hydroxyl groups excluding tert-OH is 1. The summed E-state index contributed by atoms with van der Waals surface area (Å²) in [7, 11) is -1.43. The molecule has 0 fully saturated rings. The largest absolute Gasteiger partial charge is 0.399 e. The topological polar surface area (TPSA) is 58.3 Å². The first-order valence-corrected chi connectivity index (χ1v) is 7.10. The summed E-state index contributed by atoms with van der Waals surface area (Å²) in [5.41, 5.74) is 7.35. The normalized spacial score (nSPS) is 12.7. The van der Waals surface area contributed by atoms with E-state index in [0.717, 1.165) is 6.54 Å². The Hall–Kier alpha value is -0.163. The van der Waals surface area contributed by atoms with Crippen molar-refractivity contribution in [2.75, 3.05) is 19.4 Å². The van der Waals surface area contributed by atoms with Crippen LogP contribution in [-0.2, 0) is 0 Å². The second-order valence-corrected chi connectivity index (χ2v) is 7.83. The average Bonchev–Trinajstić information content (AvgIpc) is 1.99. The van der Waals surface area contributed by atoms with Crippen LogP contribution in [0.4, 0.5) is 0 Å². The Labute approximate surface area is 69.3 Å². The van der Waals surface area contributed by atoms with Gasteiger partial charge in [0.15, 0.2) is 0 Å². The van der Waals surface area contributed by atoms with E-state index < -0.39 is 8.07 Å². The molecule has 0 aromatic rings. The van der Waals surface area contributed by atoms with Gasteiger partial charge in [-0.25, -0.2) is 0 Å². The zero-order valence-corrected chi connectivity index (χ0v) is 8.30. The number of nitrogens with two attached hydrogens (primary N) is 1. The highest BCUT2D eigenvalue weighted by atomic mass is 28.3. The SMILES string of the molecule is C[Si](C)(C=CCNCN)CO. The highest BCUT2D eigenvalue weighted by Crippen LogP contribution is 2.00. The lowest BCUT2D eigenvalue weighted by atomic mass is 10.6. The number of rotatable bonds is 5. The fraction of sp³-hybridized carbons (Fsp3) is 0.714. The van der Waals surface area contributed by atoms with Crippen LogP contribution in [-0.4, -0.2) is 32.6 Å². The third-order valence-corrected chi connectivity index (χ3v) is 3.34. The standard InChI is InChI=1S/C7H18N2OSi/c1-11(2,7-10)5-3-4-9-6-8/h3,5,9-10H,4,6-8H2,1-2H3. The maximum Gasteiger partial charge on any atom is 0.100 e. The van der Waals surface area contributed by atoms with Gasteiger partial charge in [-0.2, -0.15) is 0 Å². The number of hydrogen-bond acceptors (Lipinski definition) is 3. The Kier molecular flexibility index (Phi) is 5.40. The molecule has 0 aliphatic carbocycles. The maximum absolute atomic E-state index is 8.92. The molecule has 0 bridgehead atoms. The van der Waals surface area contributed by atoms with Gasteiger partial charge in [-0.1, -0.05) is 24.9 Å². The molecule has 11 heavy (non-hydrogen) atoms. The molecule has 0 rings (SSSR count). The maximum atomic E-state index is 8.92. The molecular formula is C7H18N2OSi. The van der Waals surface area contributed by atoms with Crippen LogP contribution in [0.5, 0.6) is 0 Å². The van der Waals surface area contributed by atoms with Crippen LogP contribution < -0.4 is 11.1 Å². The van der Waals surface area contributed by atoms with Gasteiger partial charge in [-0.15, -0.1) is 0 Å². The van der Waals surface area contributed by atoms with Gasteiger partial charge >= 0.3 is 0 Å². The van der Waals surface area contributed by atoms with Crippen molar-refractivity contribution in [2.45, 2.75) is 13.1 Å². The monoisotopic (exact) mass is 174 g/mol. The van der Waals surface area contributed by atoms with Crippen LogP contribution in [0.15, 0.2) is 11.8 Å². The van der Waals surface area contributed by atoms with Crippen molar-refractivity contribution in [1.82, 2.24) is 5.32 Å². The molecule has 66 valence electrons. The minimum Gasteiger partial charge on any atom is -0.399 e. The molecule has 0 heterocycles. The smallest absolute Gasteiger partial charge is 0.100 e. The molecule has 0 aromatic heterocycles. The molecule has 0 unspecified atom stereocenters. The van der Waals surface area contributed by atoms with Crippen molar-refractivity contribution < 1.29 is 5.11 Å². The summed E-state index contributed by atoms with van der Waals surface area (Å²) in [6, 6.07) is 0. The number of aliphatic hydroxyl groups is 1. The van der Waals surface area contributed by atoms with E-state index in [0.29, 0.717) is 12.9 Å². The predicted octanol–water partition coefficient (Wildman–Crippen LogP) is -0.172. The zero-order valence-electron chi connectivity index (χ0n) is 7.30. The van der Waals surface area contributed by atoms with Crippen LogP contribution in [0.3, 0.4) is 0 Å². The molecule has 0 saturated heterocycles. The van der Waals surface area contributed by atoms with E-state index in [1.807, 2.05) is 6.08 Å². The first kappa shape index (κ1) is 10.8. The van der Waals surface area contributed by atoms with Gasteiger partial charge in [0.1, 0.15) is 8.07 Å². The molecule has 4 N–H and O–H groups in total. The summed E-state index contributed by atoms with van der Waals surface area (Å²) < 4.78 is 0. The second kappa shape index (κ2) is 5.48. The lowest BCUT2D eigenvalue weighted by Crippen LogP contribution is -2.29. The Balaban J connectivity index is 3.55. The van der Waals surface area contributed by atoms with E-state index in [1.165, 1.54) is 0 Å². The van der Waals surface area contributed by atoms with E-state index >= 15 is 0 Å². The van der Waals surface area contributed by atoms with Gasteiger partial charge < -0.3 is 16.2 Å². The summed E-state index contributed by atoms with van der Waals surface area (Å²) in [5, 5.41) is 11.9. The molecule has 0 amide bonds. The third kappa shape index (κ3) is 6.24. The van der Waals surface area contributed by atoms with E-state index in [4.69, 9.17) is 10.8 Å². The molecule has 0 aromatic carbocycles. The number of nitrogens with one attached hydrogen (secondary N) is 1. The molecule has 0 saturated carbocycles. The fourth-order valence-corrected chi connectivity index (χ4v) is 1.46. The van der Waals surface area contributed by atoms with E-state index in [-0.39, 0.29) is 0 Å². The quantitative estimate of drug-likeness (QED) is 0.308. The predicted molar refractivity (Wildman–Crippen MR) is 50.8 cm³/mol. The highest BCUT2D eigenvalue weighted by molar-refractivity contribution is 6.82. The van der Waals surface area contributed by atoms with Crippen LogP contribution in [0, 0.1) is 0 Å². The lowest BCUT2D eigenvalue weighted by Gasteiger charge is -2.12. The Morgan fingerprint density at radius 2 is 2.18 bits per heavy atom. The molecule has 0 radical (unpaired) electrons. The number of hydrogen-bond donors (Lipinski definition) is 3. The minimum absolute atomic E-state index is 0.312. The van der Waals surface area contributed by atoms with Crippen molar-refractivity contribution >= 4 is 8.07 Å². The van der Waals surface area contributed by atoms with Gasteiger partial charge in [0.25, 0.3) is 0 Å². The van der Waals surface area contributed by atoms with E-state index in [2.05, 4.69) is 24.1 Å². The van der Waals surface area contributed by atoms with E-state index in [1.54, 1.807) is 0 Å². The Morgan fingerprint density at radius 3 is 2.64 bits per heavy atom. The van der Waals surface area contributed by atoms with Gasteiger partial charge in [0, 0.05) is 19.4 Å². The van der Waals surface area contributed by atoms with Crippen molar-refractivity contribution in [1.29, 1.82) is 0 Å². The second-order valence-electron chi connectivity index (χ2n) is 3.21. The van der Waals surface area contributed by atoms with Crippen molar-refractivity contribution in [2.24, 2.45) is 5.73 Å². The van der Waals surface area contributed by atoms with Gasteiger partial charge in [-0.3, -0.25) is 0 Å². The van der Waals surface area contributed by atoms with Crippen molar-refractivity contribution in [3.8, 4) is 0 Å². The van der Waals surface area contributed by atoms with Crippen LogP contribution in [0.1, 0.15) is 0 Å². The molecule has 3 nitrogen and oxygen atoms in total. The fourth-order valence-electron chi connectivity index (χ4n) is 0.597. The Morgan fingerprint density at radius 1 is 1.55 bits per heavy atom. The van der Waals surface area contributed by atoms with Crippen LogP contribution in [0.25, 0.3) is 0 Å². The summed E-state index contributed by atoms with van der Waals surface area (Å²) in [5.74, 6) is 0. The van der Waals surface area contributed by atoms with Gasteiger partial charge in [-0.05, 0) is 0 Å². The van der Waals surface area contributed by atoms with Crippen LogP contribution in [0.2, 0.25) is 13.1 Å². The van der Waals surface area contributed by atoms with Gasteiger partial charge in [0.05, 0.1) is 0 Å². The van der Waals surface area contributed by atoms with Gasteiger partial charge in [0.2, 0.25) is 0 Å². The molecular weight excluding hydrogens is 156 g/mol. The Bertz CT molecular complexity index is 126. The molecule has 0 aliphatic heterocycles. The van der Waals surface area contributed by atoms with Crippen molar-refractivity contribution in [3.63, 3.8) is 0 Å². The minimum atomic E-state index is -1.43. The first-order chi connectivity index (χ1) is 5.12. The third-order valence-electron chi connectivity index (χ3n) is 1.38. The summed E-state index contributed by atoms with van der Waals surface area (Å²) in [4.78, 5) is 0. The lowest BCUT2D eigenvalue weighted by molar-refractivity contribution is 0.360.